The molecule has 0 bridgehead atoms. The topological polar surface area (TPSA) is 45.7 Å². The van der Waals surface area contributed by atoms with Crippen LogP contribution in [0.15, 0.2) is 41.4 Å². The third-order valence-corrected chi connectivity index (χ3v) is 4.47. The second-order valence-electron chi connectivity index (χ2n) is 6.32. The van der Waals surface area contributed by atoms with Gasteiger partial charge in [0.25, 0.3) is 0 Å². The van der Waals surface area contributed by atoms with Gasteiger partial charge in [-0.3, -0.25) is 4.99 Å². The number of fused-ring (bicyclic) bond motifs is 1. The lowest BCUT2D eigenvalue weighted by molar-refractivity contribution is 0.357. The van der Waals surface area contributed by atoms with Gasteiger partial charge in [0.2, 0.25) is 0 Å². The molecule has 1 aliphatic rings. The quantitative estimate of drug-likeness (QED) is 0.636. The van der Waals surface area contributed by atoms with Crippen LogP contribution in [0.4, 0.5) is 8.78 Å². The number of hydrogen-bond acceptors (Lipinski definition) is 2. The summed E-state index contributed by atoms with van der Waals surface area (Å²) in [7, 11) is 1.66. The van der Waals surface area contributed by atoms with Crippen molar-refractivity contribution in [2.75, 3.05) is 20.2 Å². The van der Waals surface area contributed by atoms with Crippen LogP contribution in [0.3, 0.4) is 0 Å². The summed E-state index contributed by atoms with van der Waals surface area (Å²) < 4.78 is 32.5. The number of ether oxygens (including phenoxy) is 1. The van der Waals surface area contributed by atoms with Gasteiger partial charge in [-0.05, 0) is 36.6 Å². The summed E-state index contributed by atoms with van der Waals surface area (Å²) >= 11 is 0. The van der Waals surface area contributed by atoms with E-state index in [1.807, 2.05) is 13.0 Å². The molecule has 1 heterocycles. The van der Waals surface area contributed by atoms with Crippen molar-refractivity contribution in [1.82, 2.24) is 10.6 Å². The van der Waals surface area contributed by atoms with Gasteiger partial charge >= 0.3 is 0 Å². The molecule has 0 saturated heterocycles. The fraction of sp³-hybridized carbons (Fsp3) is 0.350. The molecule has 0 fully saturated rings. The highest BCUT2D eigenvalue weighted by molar-refractivity contribution is 5.80. The van der Waals surface area contributed by atoms with Crippen molar-refractivity contribution < 1.29 is 13.5 Å². The molecule has 4 nitrogen and oxygen atoms in total. The molecule has 1 unspecified atom stereocenters. The maximum Gasteiger partial charge on any atom is 0.191 e. The molecule has 2 aromatic rings. The number of nitrogens with one attached hydrogen (secondary N) is 2. The molecule has 3 rings (SSSR count). The van der Waals surface area contributed by atoms with E-state index in [4.69, 9.17) is 4.74 Å². The maximum atomic E-state index is 13.9. The number of halogens is 2. The Morgan fingerprint density at radius 1 is 1.23 bits per heavy atom. The highest BCUT2D eigenvalue weighted by Crippen LogP contribution is 2.25. The molecule has 1 atom stereocenters. The third kappa shape index (κ3) is 4.31. The first-order valence-corrected chi connectivity index (χ1v) is 8.73. The Bertz CT molecular complexity index is 808. The number of rotatable bonds is 5. The van der Waals surface area contributed by atoms with Crippen LogP contribution in [-0.2, 0) is 12.8 Å². The minimum atomic E-state index is -0.583. The average molecular weight is 359 g/mol. The van der Waals surface area contributed by atoms with E-state index < -0.39 is 11.6 Å². The van der Waals surface area contributed by atoms with E-state index in [0.717, 1.165) is 31.3 Å². The zero-order valence-corrected chi connectivity index (χ0v) is 15.0. The van der Waals surface area contributed by atoms with Gasteiger partial charge in [0.15, 0.2) is 5.96 Å². The first-order valence-electron chi connectivity index (χ1n) is 8.73. The van der Waals surface area contributed by atoms with Crippen LogP contribution in [0.25, 0.3) is 0 Å². The first-order chi connectivity index (χ1) is 12.6. The van der Waals surface area contributed by atoms with E-state index in [1.54, 1.807) is 7.05 Å². The molecule has 0 aromatic heterocycles. The van der Waals surface area contributed by atoms with Crippen LogP contribution in [0, 0.1) is 11.6 Å². The van der Waals surface area contributed by atoms with Crippen molar-refractivity contribution in [3.05, 3.63) is 64.7 Å². The van der Waals surface area contributed by atoms with Gasteiger partial charge in [-0.1, -0.05) is 18.2 Å². The van der Waals surface area contributed by atoms with Crippen LogP contribution in [0.5, 0.6) is 5.75 Å². The molecule has 0 spiro atoms. The van der Waals surface area contributed by atoms with E-state index in [0.29, 0.717) is 18.1 Å². The summed E-state index contributed by atoms with van der Waals surface area (Å²) in [4.78, 5) is 4.17. The number of aliphatic imine (C=N–C) groups is 1. The second kappa shape index (κ2) is 8.17. The maximum absolute atomic E-state index is 13.9. The summed E-state index contributed by atoms with van der Waals surface area (Å²) in [5, 5.41) is 6.36. The summed E-state index contributed by atoms with van der Waals surface area (Å²) in [6.45, 7) is 3.26. The average Bonchev–Trinajstić information content (AvgIpc) is 3.08. The number of hydrogen-bond donors (Lipinski definition) is 2. The van der Waals surface area contributed by atoms with Gasteiger partial charge in [0, 0.05) is 31.6 Å². The van der Waals surface area contributed by atoms with E-state index in [-0.39, 0.29) is 6.04 Å². The Kier molecular flexibility index (Phi) is 5.71. The largest absolute Gasteiger partial charge is 0.493 e. The van der Waals surface area contributed by atoms with Gasteiger partial charge in [-0.25, -0.2) is 8.78 Å². The van der Waals surface area contributed by atoms with Gasteiger partial charge < -0.3 is 15.4 Å². The molecular formula is C20H23F2N3O. The Morgan fingerprint density at radius 3 is 2.85 bits per heavy atom. The predicted octanol–water partition coefficient (Wildman–Crippen LogP) is 3.37. The monoisotopic (exact) mass is 359 g/mol. The van der Waals surface area contributed by atoms with E-state index >= 15 is 0 Å². The fourth-order valence-corrected chi connectivity index (χ4v) is 3.05. The minimum Gasteiger partial charge on any atom is -0.493 e. The van der Waals surface area contributed by atoms with Gasteiger partial charge in [0.1, 0.15) is 17.4 Å². The Hall–Kier alpha value is -2.63. The van der Waals surface area contributed by atoms with Gasteiger partial charge in [-0.15, -0.1) is 0 Å². The minimum absolute atomic E-state index is 0.334. The molecule has 0 saturated carbocycles. The molecule has 26 heavy (non-hydrogen) atoms. The Labute approximate surface area is 152 Å². The summed E-state index contributed by atoms with van der Waals surface area (Å²) in [5.41, 5.74) is 2.88. The van der Waals surface area contributed by atoms with Crippen molar-refractivity contribution in [3.63, 3.8) is 0 Å². The molecule has 0 aliphatic carbocycles. The molecule has 138 valence electrons. The molecular weight excluding hydrogens is 336 g/mol. The van der Waals surface area contributed by atoms with E-state index in [2.05, 4.69) is 27.8 Å². The molecule has 2 N–H and O–H groups in total. The standard InChI is InChI=1S/C20H23F2N3O/c1-13(17-5-4-16(21)12-18(17)22)25-20(23-2)24-9-7-14-3-6-19-15(11-14)8-10-26-19/h3-6,11-13H,7-10H2,1-2H3,(H2,23,24,25). The number of benzene rings is 2. The summed E-state index contributed by atoms with van der Waals surface area (Å²) in [6.07, 6.45) is 1.80. The van der Waals surface area contributed by atoms with Crippen LogP contribution in [-0.4, -0.2) is 26.2 Å². The number of nitrogens with zero attached hydrogens (tertiary/aromatic N) is 1. The predicted molar refractivity (Wildman–Crippen MR) is 98.6 cm³/mol. The van der Waals surface area contributed by atoms with Crippen LogP contribution in [0.2, 0.25) is 0 Å². The van der Waals surface area contributed by atoms with Gasteiger partial charge in [-0.2, -0.15) is 0 Å². The third-order valence-electron chi connectivity index (χ3n) is 4.47. The van der Waals surface area contributed by atoms with Crippen LogP contribution in [0.1, 0.15) is 29.7 Å². The molecule has 2 aromatic carbocycles. The normalized spacial score (nSPS) is 14.5. The molecule has 1 aliphatic heterocycles. The van der Waals surface area contributed by atoms with Crippen molar-refractivity contribution in [2.45, 2.75) is 25.8 Å². The number of guanidine groups is 1. The van der Waals surface area contributed by atoms with Gasteiger partial charge in [0.05, 0.1) is 12.6 Å². The summed E-state index contributed by atoms with van der Waals surface area (Å²) in [6, 6.07) is 9.52. The van der Waals surface area contributed by atoms with Crippen LogP contribution < -0.4 is 15.4 Å². The lowest BCUT2D eigenvalue weighted by Crippen LogP contribution is -2.39. The zero-order valence-electron chi connectivity index (χ0n) is 15.0. The highest BCUT2D eigenvalue weighted by atomic mass is 19.1. The smallest absolute Gasteiger partial charge is 0.191 e. The molecule has 0 amide bonds. The van der Waals surface area contributed by atoms with Crippen molar-refractivity contribution in [1.29, 1.82) is 0 Å². The Balaban J connectivity index is 1.53. The summed E-state index contributed by atoms with van der Waals surface area (Å²) in [5.74, 6) is 0.404. The van der Waals surface area contributed by atoms with E-state index in [1.165, 1.54) is 23.3 Å². The highest BCUT2D eigenvalue weighted by Gasteiger charge is 2.14. The van der Waals surface area contributed by atoms with Crippen molar-refractivity contribution >= 4 is 5.96 Å². The second-order valence-corrected chi connectivity index (χ2v) is 6.32. The fourth-order valence-electron chi connectivity index (χ4n) is 3.05. The molecule has 6 heteroatoms. The lowest BCUT2D eigenvalue weighted by Gasteiger charge is -2.19. The van der Waals surface area contributed by atoms with Crippen molar-refractivity contribution in [3.8, 4) is 5.75 Å². The van der Waals surface area contributed by atoms with Crippen LogP contribution >= 0.6 is 0 Å². The van der Waals surface area contributed by atoms with E-state index in [9.17, 15) is 8.78 Å². The zero-order chi connectivity index (χ0) is 18.5. The Morgan fingerprint density at radius 2 is 2.08 bits per heavy atom. The lowest BCUT2D eigenvalue weighted by atomic mass is 10.1. The molecule has 0 radical (unpaired) electrons. The SMILES string of the molecule is CN=C(NCCc1ccc2c(c1)CCO2)NC(C)c1ccc(F)cc1F. The first kappa shape index (κ1) is 18.2. The van der Waals surface area contributed by atoms with Crippen molar-refractivity contribution in [2.24, 2.45) is 4.99 Å².